The van der Waals surface area contributed by atoms with Gasteiger partial charge in [0.1, 0.15) is 0 Å². The summed E-state index contributed by atoms with van der Waals surface area (Å²) < 4.78 is 10.7. The molecule has 0 radical (unpaired) electrons. The maximum absolute atomic E-state index is 8.98. The number of ether oxygens (including phenoxy) is 2. The molecule has 0 bridgehead atoms. The second-order valence-electron chi connectivity index (χ2n) is 3.74. The van der Waals surface area contributed by atoms with Gasteiger partial charge in [0.05, 0.1) is 20.3 Å². The van der Waals surface area contributed by atoms with Crippen LogP contribution in [-0.4, -0.2) is 30.5 Å². The summed E-state index contributed by atoms with van der Waals surface area (Å²) in [5.74, 6) is 1.30. The first-order valence-electron chi connectivity index (χ1n) is 5.22. The number of aliphatic hydroxyl groups is 2. The molecule has 0 aromatic heterocycles. The quantitative estimate of drug-likeness (QED) is 0.765. The Kier molecular flexibility index (Phi) is 5.08. The van der Waals surface area contributed by atoms with Crippen LogP contribution >= 0.6 is 0 Å². The highest BCUT2D eigenvalue weighted by atomic mass is 16.5. The topological polar surface area (TPSA) is 58.9 Å². The fourth-order valence-electron chi connectivity index (χ4n) is 1.21. The molecule has 4 nitrogen and oxygen atoms in total. The highest BCUT2D eigenvalue weighted by molar-refractivity contribution is 5.42. The third-order valence-electron chi connectivity index (χ3n) is 2.25. The molecule has 1 aromatic rings. The van der Waals surface area contributed by atoms with Crippen LogP contribution in [0.15, 0.2) is 18.2 Å². The molecule has 0 spiro atoms. The van der Waals surface area contributed by atoms with Gasteiger partial charge in [0.25, 0.3) is 0 Å². The summed E-state index contributed by atoms with van der Waals surface area (Å²) in [6, 6.07) is 5.27. The van der Waals surface area contributed by atoms with E-state index in [-0.39, 0.29) is 19.1 Å². The van der Waals surface area contributed by atoms with Crippen LogP contribution in [0.5, 0.6) is 11.5 Å². The second-order valence-corrected chi connectivity index (χ2v) is 3.74. The zero-order valence-electron chi connectivity index (χ0n) is 9.64. The molecule has 0 fully saturated rings. The fraction of sp³-hybridized carbons (Fsp3) is 0.500. The molecule has 0 saturated carbocycles. The minimum atomic E-state index is -0.0241. The number of rotatable bonds is 6. The van der Waals surface area contributed by atoms with E-state index in [1.807, 2.05) is 6.92 Å². The lowest BCUT2D eigenvalue weighted by Gasteiger charge is -2.14. The molecule has 4 heteroatoms. The number of hydrogen-bond donors (Lipinski definition) is 2. The Morgan fingerprint density at radius 1 is 1.25 bits per heavy atom. The summed E-state index contributed by atoms with van der Waals surface area (Å²) in [7, 11) is 1.55. The Bertz CT molecular complexity index is 325. The van der Waals surface area contributed by atoms with Crippen LogP contribution in [0.3, 0.4) is 0 Å². The van der Waals surface area contributed by atoms with Gasteiger partial charge in [-0.05, 0) is 17.7 Å². The summed E-state index contributed by atoms with van der Waals surface area (Å²) in [5, 5.41) is 17.9. The molecule has 1 atom stereocenters. The van der Waals surface area contributed by atoms with E-state index >= 15 is 0 Å². The first-order chi connectivity index (χ1) is 7.71. The number of benzene rings is 1. The minimum absolute atomic E-state index is 0.0241. The molecule has 1 rings (SSSR count). The molecular formula is C12H18O4. The molecule has 1 aromatic carbocycles. The molecule has 0 amide bonds. The summed E-state index contributed by atoms with van der Waals surface area (Å²) in [5.41, 5.74) is 0.777. The van der Waals surface area contributed by atoms with E-state index in [1.54, 1.807) is 25.3 Å². The Morgan fingerprint density at radius 3 is 2.56 bits per heavy atom. The van der Waals surface area contributed by atoms with Crippen molar-refractivity contribution in [1.29, 1.82) is 0 Å². The van der Waals surface area contributed by atoms with E-state index in [2.05, 4.69) is 0 Å². The largest absolute Gasteiger partial charge is 0.493 e. The Morgan fingerprint density at radius 2 is 2.00 bits per heavy atom. The lowest BCUT2D eigenvalue weighted by Crippen LogP contribution is -2.12. The van der Waals surface area contributed by atoms with Crippen molar-refractivity contribution in [3.63, 3.8) is 0 Å². The highest BCUT2D eigenvalue weighted by Crippen LogP contribution is 2.28. The fourth-order valence-corrected chi connectivity index (χ4v) is 1.21. The molecule has 1 unspecified atom stereocenters. The van der Waals surface area contributed by atoms with Crippen molar-refractivity contribution in [2.24, 2.45) is 5.92 Å². The average Bonchev–Trinajstić information content (AvgIpc) is 2.35. The third kappa shape index (κ3) is 3.40. The van der Waals surface area contributed by atoms with Gasteiger partial charge >= 0.3 is 0 Å². The van der Waals surface area contributed by atoms with E-state index in [4.69, 9.17) is 19.7 Å². The van der Waals surface area contributed by atoms with Crippen LogP contribution < -0.4 is 9.47 Å². The summed E-state index contributed by atoms with van der Waals surface area (Å²) in [4.78, 5) is 0. The van der Waals surface area contributed by atoms with Gasteiger partial charge in [-0.25, -0.2) is 0 Å². The molecule has 0 aliphatic heterocycles. The predicted molar refractivity (Wildman–Crippen MR) is 60.7 cm³/mol. The van der Waals surface area contributed by atoms with Crippen molar-refractivity contribution < 1.29 is 19.7 Å². The van der Waals surface area contributed by atoms with E-state index in [0.717, 1.165) is 5.56 Å². The molecule has 0 saturated heterocycles. The van der Waals surface area contributed by atoms with Gasteiger partial charge in [-0.3, -0.25) is 0 Å². The van der Waals surface area contributed by atoms with Crippen molar-refractivity contribution in [3.8, 4) is 11.5 Å². The van der Waals surface area contributed by atoms with Crippen molar-refractivity contribution in [1.82, 2.24) is 0 Å². The predicted octanol–water partition coefficient (Wildman–Crippen LogP) is 1.19. The molecule has 0 aliphatic rings. The SMILES string of the molecule is COc1cc(CO)ccc1OCC(C)CO. The monoisotopic (exact) mass is 226 g/mol. The van der Waals surface area contributed by atoms with Gasteiger partial charge in [-0.2, -0.15) is 0 Å². The Balaban J connectivity index is 2.71. The highest BCUT2D eigenvalue weighted by Gasteiger charge is 2.07. The maximum Gasteiger partial charge on any atom is 0.161 e. The van der Waals surface area contributed by atoms with Gasteiger partial charge in [0.15, 0.2) is 11.5 Å². The van der Waals surface area contributed by atoms with Gasteiger partial charge in [0, 0.05) is 12.5 Å². The summed E-state index contributed by atoms with van der Waals surface area (Å²) in [6.45, 7) is 2.40. The molecule has 90 valence electrons. The minimum Gasteiger partial charge on any atom is -0.493 e. The molecule has 16 heavy (non-hydrogen) atoms. The van der Waals surface area contributed by atoms with Gasteiger partial charge in [-0.1, -0.05) is 13.0 Å². The average molecular weight is 226 g/mol. The first-order valence-corrected chi connectivity index (χ1v) is 5.22. The van der Waals surface area contributed by atoms with Crippen LogP contribution in [0.25, 0.3) is 0 Å². The Hall–Kier alpha value is -1.26. The van der Waals surface area contributed by atoms with Crippen molar-refractivity contribution in [2.45, 2.75) is 13.5 Å². The van der Waals surface area contributed by atoms with Crippen LogP contribution in [0, 0.1) is 5.92 Å². The summed E-state index contributed by atoms with van der Waals surface area (Å²) in [6.07, 6.45) is 0. The maximum atomic E-state index is 8.98. The lowest BCUT2D eigenvalue weighted by atomic mass is 10.2. The third-order valence-corrected chi connectivity index (χ3v) is 2.25. The van der Waals surface area contributed by atoms with Gasteiger partial charge < -0.3 is 19.7 Å². The van der Waals surface area contributed by atoms with Crippen molar-refractivity contribution in [2.75, 3.05) is 20.3 Å². The first kappa shape index (κ1) is 12.8. The van der Waals surface area contributed by atoms with E-state index < -0.39 is 0 Å². The lowest BCUT2D eigenvalue weighted by molar-refractivity contribution is 0.171. The standard InChI is InChI=1S/C12H18O4/c1-9(6-13)8-16-11-4-3-10(7-14)5-12(11)15-2/h3-5,9,13-14H,6-8H2,1-2H3. The van der Waals surface area contributed by atoms with Crippen LogP contribution in [0.4, 0.5) is 0 Å². The number of methoxy groups -OCH3 is 1. The van der Waals surface area contributed by atoms with E-state index in [1.165, 1.54) is 0 Å². The molecule has 0 aliphatic carbocycles. The van der Waals surface area contributed by atoms with Crippen molar-refractivity contribution in [3.05, 3.63) is 23.8 Å². The van der Waals surface area contributed by atoms with Gasteiger partial charge in [-0.15, -0.1) is 0 Å². The second kappa shape index (κ2) is 6.35. The van der Waals surface area contributed by atoms with Crippen LogP contribution in [0.2, 0.25) is 0 Å². The normalized spacial score (nSPS) is 12.2. The van der Waals surface area contributed by atoms with Gasteiger partial charge in [0.2, 0.25) is 0 Å². The van der Waals surface area contributed by atoms with Crippen molar-refractivity contribution >= 4 is 0 Å². The molecule has 2 N–H and O–H groups in total. The zero-order valence-corrected chi connectivity index (χ0v) is 9.64. The molecular weight excluding hydrogens is 208 g/mol. The van der Waals surface area contributed by atoms with E-state index in [9.17, 15) is 0 Å². The van der Waals surface area contributed by atoms with Crippen LogP contribution in [0.1, 0.15) is 12.5 Å². The summed E-state index contributed by atoms with van der Waals surface area (Å²) >= 11 is 0. The Labute approximate surface area is 95.4 Å². The number of aliphatic hydroxyl groups excluding tert-OH is 2. The van der Waals surface area contributed by atoms with E-state index in [0.29, 0.717) is 18.1 Å². The zero-order chi connectivity index (χ0) is 12.0. The molecule has 0 heterocycles. The smallest absolute Gasteiger partial charge is 0.161 e. The number of hydrogen-bond acceptors (Lipinski definition) is 4. The van der Waals surface area contributed by atoms with Crippen LogP contribution in [-0.2, 0) is 6.61 Å².